The predicted octanol–water partition coefficient (Wildman–Crippen LogP) is 4.47. The Morgan fingerprint density at radius 3 is 2.61 bits per heavy atom. The maximum Gasteiger partial charge on any atom is 0.409 e. The molecular formula is C12H17Br2NO2S. The Hall–Kier alpha value is -0.0700. The molecule has 0 unspecified atom stereocenters. The lowest BCUT2D eigenvalue weighted by molar-refractivity contribution is 0.116. The Morgan fingerprint density at radius 2 is 2.06 bits per heavy atom. The minimum absolute atomic E-state index is 0.259. The molecule has 0 aliphatic rings. The highest BCUT2D eigenvalue weighted by atomic mass is 79.9. The summed E-state index contributed by atoms with van der Waals surface area (Å²) in [7, 11) is 1.77. The molecule has 1 aromatic heterocycles. The van der Waals surface area contributed by atoms with E-state index in [9.17, 15) is 4.79 Å². The lowest BCUT2D eigenvalue weighted by Crippen LogP contribution is -2.29. The number of carbonyl (C=O) groups is 1. The van der Waals surface area contributed by atoms with Crippen molar-refractivity contribution in [3.63, 3.8) is 0 Å². The minimum Gasteiger partial charge on any atom is -0.450 e. The molecule has 0 bridgehead atoms. The first-order valence-corrected chi connectivity index (χ1v) is 8.24. The summed E-state index contributed by atoms with van der Waals surface area (Å²) in [6.07, 6.45) is 1.58. The van der Waals surface area contributed by atoms with Crippen molar-refractivity contribution in [2.45, 2.75) is 26.7 Å². The van der Waals surface area contributed by atoms with Gasteiger partial charge in [0, 0.05) is 22.9 Å². The van der Waals surface area contributed by atoms with Crippen molar-refractivity contribution in [1.29, 1.82) is 0 Å². The summed E-state index contributed by atoms with van der Waals surface area (Å²) in [5.74, 6) is 0. The van der Waals surface area contributed by atoms with Gasteiger partial charge < -0.3 is 9.64 Å². The van der Waals surface area contributed by atoms with Crippen LogP contribution in [0, 0.1) is 0 Å². The number of nitrogens with zero attached hydrogens (tertiary/aromatic N) is 1. The van der Waals surface area contributed by atoms with Crippen molar-refractivity contribution >= 4 is 49.3 Å². The molecule has 0 fully saturated rings. The fourth-order valence-electron chi connectivity index (χ4n) is 1.60. The van der Waals surface area contributed by atoms with E-state index in [1.54, 1.807) is 23.3 Å². The third-order valence-corrected chi connectivity index (χ3v) is 6.23. The largest absolute Gasteiger partial charge is 0.450 e. The fraction of sp³-hybridized carbons (Fsp3) is 0.583. The Bertz CT molecular complexity index is 420. The molecular weight excluding hydrogens is 382 g/mol. The zero-order valence-corrected chi connectivity index (χ0v) is 14.7. The van der Waals surface area contributed by atoms with Gasteiger partial charge in [-0.3, -0.25) is 0 Å². The summed E-state index contributed by atoms with van der Waals surface area (Å²) < 4.78 is 7.21. The van der Waals surface area contributed by atoms with E-state index in [2.05, 4.69) is 38.8 Å². The van der Waals surface area contributed by atoms with Gasteiger partial charge in [0.2, 0.25) is 0 Å². The van der Waals surface area contributed by atoms with Gasteiger partial charge in [0.05, 0.1) is 10.4 Å². The highest BCUT2D eigenvalue weighted by molar-refractivity contribution is 9.13. The number of halogens is 2. The first kappa shape index (κ1) is 16.0. The third kappa shape index (κ3) is 3.96. The Balaban J connectivity index is 2.63. The van der Waals surface area contributed by atoms with Crippen molar-refractivity contribution in [3.8, 4) is 0 Å². The van der Waals surface area contributed by atoms with Gasteiger partial charge in [-0.25, -0.2) is 4.79 Å². The Labute approximate surface area is 129 Å². The van der Waals surface area contributed by atoms with Crippen LogP contribution in [0.3, 0.4) is 0 Å². The van der Waals surface area contributed by atoms with Crippen LogP contribution in [0.1, 0.15) is 24.3 Å². The van der Waals surface area contributed by atoms with Gasteiger partial charge in [-0.1, -0.05) is 6.92 Å². The summed E-state index contributed by atoms with van der Waals surface area (Å²) in [6, 6.07) is 0. The number of carbonyl (C=O) groups excluding carboxylic acids is 1. The van der Waals surface area contributed by atoms with E-state index < -0.39 is 0 Å². The average Bonchev–Trinajstić information content (AvgIpc) is 2.62. The smallest absolute Gasteiger partial charge is 0.409 e. The summed E-state index contributed by atoms with van der Waals surface area (Å²) >= 11 is 8.84. The number of hydrogen-bond donors (Lipinski definition) is 0. The lowest BCUT2D eigenvalue weighted by Gasteiger charge is -2.16. The van der Waals surface area contributed by atoms with Crippen molar-refractivity contribution < 1.29 is 9.53 Å². The molecule has 1 heterocycles. The van der Waals surface area contributed by atoms with Crippen molar-refractivity contribution in [2.24, 2.45) is 0 Å². The van der Waals surface area contributed by atoms with Crippen LogP contribution < -0.4 is 0 Å². The van der Waals surface area contributed by atoms with Crippen LogP contribution in [-0.4, -0.2) is 31.2 Å². The number of rotatable bonds is 5. The number of amides is 1. The van der Waals surface area contributed by atoms with E-state index in [0.29, 0.717) is 13.2 Å². The number of ether oxygens (including phenoxy) is 1. The molecule has 1 aromatic rings. The molecule has 0 N–H and O–H groups in total. The van der Waals surface area contributed by atoms with Crippen LogP contribution in [0.25, 0.3) is 0 Å². The number of likely N-dealkylation sites (N-methyl/N-ethyl adjacent to an activating group) is 1. The highest BCUT2D eigenvalue weighted by Crippen LogP contribution is 2.38. The quantitative estimate of drug-likeness (QED) is 0.732. The van der Waals surface area contributed by atoms with Crippen molar-refractivity contribution in [2.75, 3.05) is 20.2 Å². The second-order valence-corrected chi connectivity index (χ2v) is 7.03. The molecule has 3 nitrogen and oxygen atoms in total. The topological polar surface area (TPSA) is 29.5 Å². The average molecular weight is 399 g/mol. The fourth-order valence-corrected chi connectivity index (χ4v) is 4.32. The molecule has 0 atom stereocenters. The van der Waals surface area contributed by atoms with E-state index in [1.165, 1.54) is 10.4 Å². The van der Waals surface area contributed by atoms with Crippen LogP contribution in [0.5, 0.6) is 0 Å². The molecule has 0 aromatic carbocycles. The van der Waals surface area contributed by atoms with Gasteiger partial charge in [0.1, 0.15) is 0 Å². The molecule has 0 saturated carbocycles. The van der Waals surface area contributed by atoms with E-state index in [1.807, 2.05) is 6.92 Å². The molecule has 102 valence electrons. The van der Waals surface area contributed by atoms with Crippen LogP contribution in [-0.2, 0) is 17.6 Å². The van der Waals surface area contributed by atoms with Crippen LogP contribution >= 0.6 is 43.2 Å². The predicted molar refractivity (Wildman–Crippen MR) is 82.5 cm³/mol. The highest BCUT2D eigenvalue weighted by Gasteiger charge is 2.15. The second kappa shape index (κ2) is 7.50. The maximum absolute atomic E-state index is 11.5. The van der Waals surface area contributed by atoms with Crippen molar-refractivity contribution in [1.82, 2.24) is 4.90 Å². The van der Waals surface area contributed by atoms with Crippen LogP contribution in [0.15, 0.2) is 8.26 Å². The third-order valence-electron chi connectivity index (χ3n) is 2.59. The molecule has 0 radical (unpaired) electrons. The molecule has 18 heavy (non-hydrogen) atoms. The molecule has 0 spiro atoms. The van der Waals surface area contributed by atoms with E-state index in [-0.39, 0.29) is 6.09 Å². The first-order chi connectivity index (χ1) is 8.51. The first-order valence-electron chi connectivity index (χ1n) is 5.84. The lowest BCUT2D eigenvalue weighted by atomic mass is 10.1. The monoisotopic (exact) mass is 397 g/mol. The number of thiophene rings is 1. The molecule has 0 aliphatic heterocycles. The summed E-state index contributed by atoms with van der Waals surface area (Å²) in [6.45, 7) is 5.04. The van der Waals surface area contributed by atoms with Gasteiger partial charge in [-0.05, 0) is 57.2 Å². The summed E-state index contributed by atoms with van der Waals surface area (Å²) in [5, 5.41) is 0. The van der Waals surface area contributed by atoms with Gasteiger partial charge in [-0.15, -0.1) is 11.3 Å². The minimum atomic E-state index is -0.259. The van der Waals surface area contributed by atoms with Gasteiger partial charge in [-0.2, -0.15) is 0 Å². The molecule has 1 amide bonds. The van der Waals surface area contributed by atoms with Crippen LogP contribution in [0.2, 0.25) is 0 Å². The van der Waals surface area contributed by atoms with E-state index in [0.717, 1.165) is 21.1 Å². The normalized spacial score (nSPS) is 10.5. The molecule has 6 heteroatoms. The summed E-state index contributed by atoms with van der Waals surface area (Å²) in [4.78, 5) is 14.4. The second-order valence-electron chi connectivity index (χ2n) is 3.82. The van der Waals surface area contributed by atoms with Gasteiger partial charge in [0.25, 0.3) is 0 Å². The summed E-state index contributed by atoms with van der Waals surface area (Å²) in [5.41, 5.74) is 1.32. The maximum atomic E-state index is 11.5. The van der Waals surface area contributed by atoms with Gasteiger partial charge >= 0.3 is 6.09 Å². The van der Waals surface area contributed by atoms with E-state index in [4.69, 9.17) is 4.74 Å². The Morgan fingerprint density at radius 1 is 1.39 bits per heavy atom. The van der Waals surface area contributed by atoms with Crippen LogP contribution in [0.4, 0.5) is 4.79 Å². The SMILES string of the molecule is CCOC(=O)N(C)CCc1sc(Br)c(Br)c1CC. The van der Waals surface area contributed by atoms with E-state index >= 15 is 0 Å². The zero-order valence-electron chi connectivity index (χ0n) is 10.8. The van der Waals surface area contributed by atoms with Gasteiger partial charge in [0.15, 0.2) is 0 Å². The van der Waals surface area contributed by atoms with Crippen molar-refractivity contribution in [3.05, 3.63) is 18.7 Å². The number of hydrogen-bond acceptors (Lipinski definition) is 3. The Kier molecular flexibility index (Phi) is 6.66. The standard InChI is InChI=1S/C12H17Br2NO2S/c1-4-8-9(18-11(14)10(8)13)6-7-15(3)12(16)17-5-2/h4-7H2,1-3H3. The molecule has 0 aliphatic carbocycles. The zero-order chi connectivity index (χ0) is 13.7. The molecule has 0 saturated heterocycles. The molecule has 1 rings (SSSR count).